The third-order valence-corrected chi connectivity index (χ3v) is 5.63. The minimum Gasteiger partial charge on any atom is -0.294 e. The highest BCUT2D eigenvalue weighted by molar-refractivity contribution is 5.97. The van der Waals surface area contributed by atoms with Crippen molar-refractivity contribution in [2.75, 3.05) is 0 Å². The van der Waals surface area contributed by atoms with Gasteiger partial charge in [-0.05, 0) is 66.0 Å². The standard InChI is InChI=1S/C25H32O/c1-3-5-7-8-10-25(26)22-14-16-24-21(18-22)13-12-20-17-19(9-6-4-2)11-15-23(20)24/h11,14-18H,3-10,12-13H2,1-2H3. The number of rotatable bonds is 9. The van der Waals surface area contributed by atoms with Gasteiger partial charge in [0.05, 0.1) is 0 Å². The number of benzene rings is 2. The molecule has 0 amide bonds. The number of hydrogen-bond donors (Lipinski definition) is 0. The zero-order chi connectivity index (χ0) is 18.4. The molecule has 0 atom stereocenters. The van der Waals surface area contributed by atoms with E-state index < -0.39 is 0 Å². The average Bonchev–Trinajstić information content (AvgIpc) is 2.68. The first-order valence-electron chi connectivity index (χ1n) is 10.5. The molecule has 0 saturated heterocycles. The number of aryl methyl sites for hydroxylation is 3. The van der Waals surface area contributed by atoms with Gasteiger partial charge >= 0.3 is 0 Å². The van der Waals surface area contributed by atoms with E-state index in [4.69, 9.17) is 0 Å². The van der Waals surface area contributed by atoms with E-state index in [1.54, 1.807) is 0 Å². The molecule has 1 heteroatoms. The van der Waals surface area contributed by atoms with Gasteiger partial charge in [-0.25, -0.2) is 0 Å². The van der Waals surface area contributed by atoms with E-state index in [0.29, 0.717) is 12.2 Å². The monoisotopic (exact) mass is 348 g/mol. The zero-order valence-electron chi connectivity index (χ0n) is 16.4. The van der Waals surface area contributed by atoms with E-state index in [0.717, 1.165) is 24.8 Å². The van der Waals surface area contributed by atoms with Crippen molar-refractivity contribution in [1.82, 2.24) is 0 Å². The Kier molecular flexibility index (Phi) is 6.66. The Bertz CT molecular complexity index is 757. The number of carbonyl (C=O) groups excluding carboxylic acids is 1. The van der Waals surface area contributed by atoms with Crippen molar-refractivity contribution in [3.05, 3.63) is 58.7 Å². The van der Waals surface area contributed by atoms with E-state index in [1.807, 2.05) is 6.07 Å². The summed E-state index contributed by atoms with van der Waals surface area (Å²) in [6.07, 6.45) is 11.2. The minimum atomic E-state index is 0.310. The molecule has 1 nitrogen and oxygen atoms in total. The summed E-state index contributed by atoms with van der Waals surface area (Å²) in [6.45, 7) is 4.45. The lowest BCUT2D eigenvalue weighted by molar-refractivity contribution is 0.0979. The first-order valence-corrected chi connectivity index (χ1v) is 10.5. The fourth-order valence-electron chi connectivity index (χ4n) is 4.02. The van der Waals surface area contributed by atoms with E-state index in [1.165, 1.54) is 66.3 Å². The highest BCUT2D eigenvalue weighted by Crippen LogP contribution is 2.35. The second-order valence-electron chi connectivity index (χ2n) is 7.70. The first kappa shape index (κ1) is 18.9. The van der Waals surface area contributed by atoms with Crippen molar-refractivity contribution in [2.24, 2.45) is 0 Å². The molecule has 3 rings (SSSR count). The van der Waals surface area contributed by atoms with Gasteiger partial charge in [0.2, 0.25) is 0 Å². The van der Waals surface area contributed by atoms with Gasteiger partial charge in [0.25, 0.3) is 0 Å². The molecule has 26 heavy (non-hydrogen) atoms. The molecule has 0 bridgehead atoms. The number of fused-ring (bicyclic) bond motifs is 3. The summed E-state index contributed by atoms with van der Waals surface area (Å²) < 4.78 is 0. The van der Waals surface area contributed by atoms with Crippen LogP contribution in [0.5, 0.6) is 0 Å². The zero-order valence-corrected chi connectivity index (χ0v) is 16.4. The molecule has 0 fully saturated rings. The molecule has 1 aliphatic carbocycles. The van der Waals surface area contributed by atoms with Gasteiger partial charge in [-0.2, -0.15) is 0 Å². The summed E-state index contributed by atoms with van der Waals surface area (Å²) in [5.74, 6) is 0.310. The summed E-state index contributed by atoms with van der Waals surface area (Å²) in [7, 11) is 0. The molecule has 2 aromatic rings. The number of Topliss-reactive ketones (excluding diaryl/α,β-unsaturated/α-hetero) is 1. The van der Waals surface area contributed by atoms with E-state index in [2.05, 4.69) is 44.2 Å². The molecule has 138 valence electrons. The molecule has 0 aliphatic heterocycles. The molecule has 0 aromatic heterocycles. The summed E-state index contributed by atoms with van der Waals surface area (Å²) in [4.78, 5) is 12.5. The van der Waals surface area contributed by atoms with Crippen LogP contribution in [0.1, 0.15) is 85.8 Å². The molecule has 1 aliphatic rings. The number of carbonyl (C=O) groups is 1. The maximum absolute atomic E-state index is 12.5. The Labute approximate surface area is 158 Å². The normalized spacial score (nSPS) is 12.5. The molecule has 2 aromatic carbocycles. The predicted molar refractivity (Wildman–Crippen MR) is 111 cm³/mol. The second-order valence-corrected chi connectivity index (χ2v) is 7.70. The highest BCUT2D eigenvalue weighted by atomic mass is 16.1. The molecule has 0 spiro atoms. The van der Waals surface area contributed by atoms with Crippen LogP contribution in [0.3, 0.4) is 0 Å². The van der Waals surface area contributed by atoms with Gasteiger partial charge in [0.1, 0.15) is 0 Å². The Balaban J connectivity index is 1.74. The predicted octanol–water partition coefficient (Wildman–Crippen LogP) is 6.95. The SMILES string of the molecule is CCCCCCC(=O)c1ccc2c(c1)CCc1cc(CCCC)ccc1-2. The molecule has 0 saturated carbocycles. The topological polar surface area (TPSA) is 17.1 Å². The fourth-order valence-corrected chi connectivity index (χ4v) is 4.02. The van der Waals surface area contributed by atoms with Gasteiger partial charge in [-0.1, -0.05) is 69.9 Å². The van der Waals surface area contributed by atoms with Gasteiger partial charge in [0.15, 0.2) is 5.78 Å². The molecular weight excluding hydrogens is 316 g/mol. The fraction of sp³-hybridized carbons (Fsp3) is 0.480. The summed E-state index contributed by atoms with van der Waals surface area (Å²) in [5, 5.41) is 0. The van der Waals surface area contributed by atoms with Crippen molar-refractivity contribution in [3.63, 3.8) is 0 Å². The van der Waals surface area contributed by atoms with E-state index >= 15 is 0 Å². The number of hydrogen-bond acceptors (Lipinski definition) is 1. The van der Waals surface area contributed by atoms with Crippen LogP contribution < -0.4 is 0 Å². The largest absolute Gasteiger partial charge is 0.294 e. The van der Waals surface area contributed by atoms with Gasteiger partial charge in [-0.3, -0.25) is 4.79 Å². The average molecular weight is 349 g/mol. The quantitative estimate of drug-likeness (QED) is 0.354. The molecule has 0 heterocycles. The van der Waals surface area contributed by atoms with Crippen LogP contribution in [0.15, 0.2) is 36.4 Å². The lowest BCUT2D eigenvalue weighted by Crippen LogP contribution is -2.07. The summed E-state index contributed by atoms with van der Waals surface area (Å²) >= 11 is 0. The summed E-state index contributed by atoms with van der Waals surface area (Å²) in [5.41, 5.74) is 7.89. The van der Waals surface area contributed by atoms with Crippen LogP contribution in [0.4, 0.5) is 0 Å². The van der Waals surface area contributed by atoms with E-state index in [9.17, 15) is 4.79 Å². The Morgan fingerprint density at radius 1 is 0.808 bits per heavy atom. The van der Waals surface area contributed by atoms with Gasteiger partial charge < -0.3 is 0 Å². The van der Waals surface area contributed by atoms with Crippen molar-refractivity contribution in [3.8, 4) is 11.1 Å². The third kappa shape index (κ3) is 4.44. The minimum absolute atomic E-state index is 0.310. The van der Waals surface area contributed by atoms with Crippen molar-refractivity contribution in [1.29, 1.82) is 0 Å². The van der Waals surface area contributed by atoms with Crippen LogP contribution in [0.25, 0.3) is 11.1 Å². The van der Waals surface area contributed by atoms with Crippen LogP contribution in [-0.2, 0) is 19.3 Å². The first-order chi connectivity index (χ1) is 12.7. The molecular formula is C25H32O. The Morgan fingerprint density at radius 3 is 2.23 bits per heavy atom. The Morgan fingerprint density at radius 2 is 1.50 bits per heavy atom. The highest BCUT2D eigenvalue weighted by Gasteiger charge is 2.18. The van der Waals surface area contributed by atoms with Crippen molar-refractivity contribution >= 4 is 5.78 Å². The van der Waals surface area contributed by atoms with E-state index in [-0.39, 0.29) is 0 Å². The van der Waals surface area contributed by atoms with Gasteiger partial charge in [-0.15, -0.1) is 0 Å². The molecule has 0 N–H and O–H groups in total. The van der Waals surface area contributed by atoms with Crippen LogP contribution in [0.2, 0.25) is 0 Å². The Hall–Kier alpha value is -1.89. The number of ketones is 1. The van der Waals surface area contributed by atoms with Crippen LogP contribution in [-0.4, -0.2) is 5.78 Å². The second kappa shape index (κ2) is 9.16. The maximum Gasteiger partial charge on any atom is 0.162 e. The van der Waals surface area contributed by atoms with Crippen molar-refractivity contribution in [2.45, 2.75) is 78.1 Å². The third-order valence-electron chi connectivity index (χ3n) is 5.63. The van der Waals surface area contributed by atoms with Crippen molar-refractivity contribution < 1.29 is 4.79 Å². The number of unbranched alkanes of at least 4 members (excludes halogenated alkanes) is 4. The molecule has 0 unspecified atom stereocenters. The molecule has 0 radical (unpaired) electrons. The summed E-state index contributed by atoms with van der Waals surface area (Å²) in [6, 6.07) is 13.4. The van der Waals surface area contributed by atoms with Gasteiger partial charge in [0, 0.05) is 12.0 Å². The lowest BCUT2D eigenvalue weighted by Gasteiger charge is -2.21. The maximum atomic E-state index is 12.5. The van der Waals surface area contributed by atoms with Crippen LogP contribution >= 0.6 is 0 Å². The smallest absolute Gasteiger partial charge is 0.162 e. The van der Waals surface area contributed by atoms with Crippen LogP contribution in [0, 0.1) is 0 Å². The lowest BCUT2D eigenvalue weighted by atomic mass is 9.83.